The number of halogens is 1. The molecule has 1 aliphatic heterocycles. The van der Waals surface area contributed by atoms with E-state index in [-0.39, 0.29) is 0 Å². The Kier molecular flexibility index (Phi) is 4.99. The van der Waals surface area contributed by atoms with Crippen LogP contribution in [0.2, 0.25) is 0 Å². The average molecular weight is 247 g/mol. The van der Waals surface area contributed by atoms with Crippen LogP contribution in [0.1, 0.15) is 12.8 Å². The van der Waals surface area contributed by atoms with E-state index in [9.17, 15) is 0 Å². The molecule has 2 nitrogen and oxygen atoms in total. The summed E-state index contributed by atoms with van der Waals surface area (Å²) in [6.07, 6.45) is 2.64. The molecule has 1 N–H and O–H groups in total. The van der Waals surface area contributed by atoms with E-state index >= 15 is 0 Å². The van der Waals surface area contributed by atoms with Crippen molar-refractivity contribution in [1.29, 1.82) is 0 Å². The van der Waals surface area contributed by atoms with Crippen LogP contribution in [-0.4, -0.2) is 38.1 Å². The Labute approximate surface area is 89.5 Å². The monoisotopic (exact) mass is 246 g/mol. The van der Waals surface area contributed by atoms with Crippen LogP contribution in [0.5, 0.6) is 0 Å². The van der Waals surface area contributed by atoms with Gasteiger partial charge < -0.3 is 10.2 Å². The Morgan fingerprint density at radius 2 is 2.15 bits per heavy atom. The molecule has 0 spiro atoms. The standard InChI is InChI=1S/C10H19BrN2/c1-9(11)7-13(2)8-10-3-5-12-6-4-10/h10,12H,1,3-8H2,2H3. The van der Waals surface area contributed by atoms with Crippen LogP contribution in [0.4, 0.5) is 0 Å². The molecule has 1 heterocycles. The van der Waals surface area contributed by atoms with E-state index in [1.807, 2.05) is 0 Å². The molecule has 0 unspecified atom stereocenters. The van der Waals surface area contributed by atoms with Crippen molar-refractivity contribution in [1.82, 2.24) is 10.2 Å². The largest absolute Gasteiger partial charge is 0.317 e. The molecule has 1 aliphatic rings. The fourth-order valence-electron chi connectivity index (χ4n) is 1.86. The van der Waals surface area contributed by atoms with Crippen molar-refractivity contribution in [2.45, 2.75) is 12.8 Å². The predicted molar refractivity (Wildman–Crippen MR) is 61.2 cm³/mol. The van der Waals surface area contributed by atoms with E-state index in [0.29, 0.717) is 0 Å². The molecular formula is C10H19BrN2. The van der Waals surface area contributed by atoms with Gasteiger partial charge in [-0.2, -0.15) is 0 Å². The molecule has 0 aromatic heterocycles. The minimum atomic E-state index is 0.873. The van der Waals surface area contributed by atoms with Crippen molar-refractivity contribution >= 4 is 15.9 Å². The van der Waals surface area contributed by atoms with Crippen molar-refractivity contribution in [2.75, 3.05) is 33.2 Å². The first-order valence-electron chi connectivity index (χ1n) is 4.91. The van der Waals surface area contributed by atoms with E-state index < -0.39 is 0 Å². The van der Waals surface area contributed by atoms with Gasteiger partial charge in [0.2, 0.25) is 0 Å². The fourth-order valence-corrected chi connectivity index (χ4v) is 2.29. The zero-order chi connectivity index (χ0) is 9.68. The van der Waals surface area contributed by atoms with E-state index in [1.54, 1.807) is 0 Å². The Bertz CT molecular complexity index is 164. The number of likely N-dealkylation sites (N-methyl/N-ethyl adjacent to an activating group) is 1. The zero-order valence-corrected chi connectivity index (χ0v) is 9.94. The Morgan fingerprint density at radius 1 is 1.54 bits per heavy atom. The number of piperidine rings is 1. The summed E-state index contributed by atoms with van der Waals surface area (Å²) in [7, 11) is 2.16. The topological polar surface area (TPSA) is 15.3 Å². The quantitative estimate of drug-likeness (QED) is 0.815. The molecule has 0 aromatic carbocycles. The first-order chi connectivity index (χ1) is 6.18. The Balaban J connectivity index is 2.18. The molecule has 1 saturated heterocycles. The van der Waals surface area contributed by atoms with Crippen LogP contribution in [-0.2, 0) is 0 Å². The van der Waals surface area contributed by atoms with E-state index in [0.717, 1.165) is 16.9 Å². The summed E-state index contributed by atoms with van der Waals surface area (Å²) in [5.41, 5.74) is 0. The predicted octanol–water partition coefficient (Wildman–Crippen LogP) is 1.83. The highest BCUT2D eigenvalue weighted by Gasteiger charge is 2.14. The molecule has 0 atom stereocenters. The molecule has 3 heteroatoms. The number of hydrogen-bond acceptors (Lipinski definition) is 2. The lowest BCUT2D eigenvalue weighted by Gasteiger charge is -2.27. The second-order valence-corrected chi connectivity index (χ2v) is 5.03. The van der Waals surface area contributed by atoms with Gasteiger partial charge in [0, 0.05) is 17.6 Å². The maximum absolute atomic E-state index is 3.85. The highest BCUT2D eigenvalue weighted by molar-refractivity contribution is 9.11. The number of nitrogens with zero attached hydrogens (tertiary/aromatic N) is 1. The van der Waals surface area contributed by atoms with Crippen LogP contribution in [0.3, 0.4) is 0 Å². The van der Waals surface area contributed by atoms with Crippen LogP contribution >= 0.6 is 15.9 Å². The Morgan fingerprint density at radius 3 is 2.69 bits per heavy atom. The van der Waals surface area contributed by atoms with Crippen molar-refractivity contribution in [2.24, 2.45) is 5.92 Å². The molecule has 0 saturated carbocycles. The molecule has 0 aromatic rings. The summed E-state index contributed by atoms with van der Waals surface area (Å²) < 4.78 is 1.07. The van der Waals surface area contributed by atoms with Gasteiger partial charge in [-0.05, 0) is 38.9 Å². The van der Waals surface area contributed by atoms with Gasteiger partial charge in [-0.3, -0.25) is 0 Å². The van der Waals surface area contributed by atoms with E-state index in [4.69, 9.17) is 0 Å². The summed E-state index contributed by atoms with van der Waals surface area (Å²) in [5.74, 6) is 0.873. The normalized spacial score (nSPS) is 19.3. The van der Waals surface area contributed by atoms with Gasteiger partial charge in [0.05, 0.1) is 0 Å². The Hall–Kier alpha value is 0.140. The fraction of sp³-hybridized carbons (Fsp3) is 0.800. The average Bonchev–Trinajstić information content (AvgIpc) is 2.04. The first kappa shape index (κ1) is 11.2. The molecule has 0 bridgehead atoms. The van der Waals surface area contributed by atoms with Gasteiger partial charge in [-0.25, -0.2) is 0 Å². The minimum Gasteiger partial charge on any atom is -0.317 e. The third kappa shape index (κ3) is 4.79. The van der Waals surface area contributed by atoms with Gasteiger partial charge in [0.1, 0.15) is 0 Å². The zero-order valence-electron chi connectivity index (χ0n) is 8.35. The van der Waals surface area contributed by atoms with Crippen LogP contribution in [0.15, 0.2) is 11.1 Å². The summed E-state index contributed by atoms with van der Waals surface area (Å²) in [5, 5.41) is 3.38. The summed E-state index contributed by atoms with van der Waals surface area (Å²) in [6.45, 7) is 8.39. The lowest BCUT2D eigenvalue weighted by molar-refractivity contribution is 0.256. The van der Waals surface area contributed by atoms with Gasteiger partial charge >= 0.3 is 0 Å². The number of nitrogens with one attached hydrogen (secondary N) is 1. The van der Waals surface area contributed by atoms with Gasteiger partial charge in [-0.15, -0.1) is 0 Å². The van der Waals surface area contributed by atoms with Gasteiger partial charge in [0.15, 0.2) is 0 Å². The number of rotatable bonds is 4. The summed E-state index contributed by atoms with van der Waals surface area (Å²) in [6, 6.07) is 0. The van der Waals surface area contributed by atoms with Crippen molar-refractivity contribution in [3.63, 3.8) is 0 Å². The SMILES string of the molecule is C=C(Br)CN(C)CC1CCNCC1. The van der Waals surface area contributed by atoms with Crippen molar-refractivity contribution in [3.8, 4) is 0 Å². The van der Waals surface area contributed by atoms with Crippen molar-refractivity contribution < 1.29 is 0 Å². The summed E-state index contributed by atoms with van der Waals surface area (Å²) in [4.78, 5) is 2.34. The molecule has 0 amide bonds. The molecular weight excluding hydrogens is 228 g/mol. The van der Waals surface area contributed by atoms with Gasteiger partial charge in [-0.1, -0.05) is 22.5 Å². The highest BCUT2D eigenvalue weighted by Crippen LogP contribution is 2.13. The smallest absolute Gasteiger partial charge is 0.0290 e. The number of hydrogen-bond donors (Lipinski definition) is 1. The molecule has 1 rings (SSSR count). The van der Waals surface area contributed by atoms with Crippen LogP contribution < -0.4 is 5.32 Å². The van der Waals surface area contributed by atoms with Crippen molar-refractivity contribution in [3.05, 3.63) is 11.1 Å². The molecule has 0 aliphatic carbocycles. The molecule has 0 radical (unpaired) electrons. The molecule has 13 heavy (non-hydrogen) atoms. The maximum Gasteiger partial charge on any atom is 0.0290 e. The van der Waals surface area contributed by atoms with Gasteiger partial charge in [0.25, 0.3) is 0 Å². The second-order valence-electron chi connectivity index (χ2n) is 3.91. The summed E-state index contributed by atoms with van der Waals surface area (Å²) >= 11 is 3.39. The molecule has 76 valence electrons. The molecule has 1 fully saturated rings. The maximum atomic E-state index is 3.85. The van der Waals surface area contributed by atoms with E-state index in [1.165, 1.54) is 32.5 Å². The third-order valence-electron chi connectivity index (χ3n) is 2.47. The third-order valence-corrected chi connectivity index (χ3v) is 2.72. The minimum absolute atomic E-state index is 0.873. The lowest BCUT2D eigenvalue weighted by atomic mass is 9.98. The second kappa shape index (κ2) is 5.78. The first-order valence-corrected chi connectivity index (χ1v) is 5.70. The lowest BCUT2D eigenvalue weighted by Crippen LogP contribution is -2.34. The van der Waals surface area contributed by atoms with Crippen LogP contribution in [0.25, 0.3) is 0 Å². The van der Waals surface area contributed by atoms with Crippen LogP contribution in [0, 0.1) is 5.92 Å². The highest BCUT2D eigenvalue weighted by atomic mass is 79.9. The van der Waals surface area contributed by atoms with E-state index in [2.05, 4.69) is 39.8 Å².